The average molecular weight is 368 g/mol. The number of benzene rings is 2. The van der Waals surface area contributed by atoms with E-state index in [0.29, 0.717) is 12.8 Å². The summed E-state index contributed by atoms with van der Waals surface area (Å²) in [6.07, 6.45) is 11.5. The third-order valence-corrected chi connectivity index (χ3v) is 5.29. The van der Waals surface area contributed by atoms with Crippen LogP contribution in [0.15, 0.2) is 66.9 Å². The standard InChI is InChI=1S/C25H24N2O/c1-2-3-15-25(28)27-19-23(22-13-7-8-14-24(22)27)21-12-9-16-26(18-21)17-20-10-5-4-6-11-20/h1,4-8,10-14,19H,3,9,15-18H2. The van der Waals surface area contributed by atoms with Gasteiger partial charge in [0.05, 0.1) is 5.52 Å². The van der Waals surface area contributed by atoms with E-state index in [1.165, 1.54) is 11.1 Å². The molecule has 3 heteroatoms. The van der Waals surface area contributed by atoms with Gasteiger partial charge in [-0.15, -0.1) is 12.3 Å². The number of terminal acetylenes is 1. The molecule has 2 aromatic carbocycles. The van der Waals surface area contributed by atoms with Crippen LogP contribution in [0.1, 0.15) is 35.2 Å². The number of hydrogen-bond donors (Lipinski definition) is 0. The van der Waals surface area contributed by atoms with E-state index < -0.39 is 0 Å². The Kier molecular flexibility index (Phi) is 5.41. The van der Waals surface area contributed by atoms with E-state index in [9.17, 15) is 4.79 Å². The summed E-state index contributed by atoms with van der Waals surface area (Å²) in [6, 6.07) is 18.7. The van der Waals surface area contributed by atoms with Crippen molar-refractivity contribution in [3.8, 4) is 12.3 Å². The highest BCUT2D eigenvalue weighted by atomic mass is 16.2. The Bertz CT molecular complexity index is 1050. The van der Waals surface area contributed by atoms with Crippen LogP contribution in [-0.4, -0.2) is 28.5 Å². The Balaban J connectivity index is 1.62. The van der Waals surface area contributed by atoms with Crippen LogP contribution in [-0.2, 0) is 6.54 Å². The van der Waals surface area contributed by atoms with Gasteiger partial charge in [0.2, 0.25) is 5.91 Å². The third-order valence-electron chi connectivity index (χ3n) is 5.29. The van der Waals surface area contributed by atoms with Crippen molar-refractivity contribution in [2.75, 3.05) is 13.1 Å². The first-order chi connectivity index (χ1) is 13.8. The Morgan fingerprint density at radius 2 is 1.86 bits per heavy atom. The maximum Gasteiger partial charge on any atom is 0.232 e. The molecule has 0 saturated carbocycles. The molecule has 140 valence electrons. The molecule has 0 amide bonds. The first-order valence-electron chi connectivity index (χ1n) is 9.78. The molecular weight excluding hydrogens is 344 g/mol. The normalized spacial score (nSPS) is 14.6. The van der Waals surface area contributed by atoms with Crippen LogP contribution in [0.5, 0.6) is 0 Å². The molecule has 0 bridgehead atoms. The number of fused-ring (bicyclic) bond motifs is 1. The lowest BCUT2D eigenvalue weighted by Crippen LogP contribution is -2.29. The van der Waals surface area contributed by atoms with Gasteiger partial charge in [-0.2, -0.15) is 0 Å². The van der Waals surface area contributed by atoms with Crippen molar-refractivity contribution in [1.82, 2.24) is 9.47 Å². The number of hydrogen-bond acceptors (Lipinski definition) is 2. The van der Waals surface area contributed by atoms with Crippen molar-refractivity contribution < 1.29 is 4.79 Å². The Labute approximate surface area is 166 Å². The molecule has 1 aliphatic heterocycles. The van der Waals surface area contributed by atoms with Crippen molar-refractivity contribution in [3.05, 3.63) is 78.0 Å². The fourth-order valence-corrected chi connectivity index (χ4v) is 3.92. The molecule has 0 spiro atoms. The second-order valence-electron chi connectivity index (χ2n) is 7.24. The molecule has 1 aliphatic rings. The van der Waals surface area contributed by atoms with Gasteiger partial charge in [0.1, 0.15) is 0 Å². The van der Waals surface area contributed by atoms with Gasteiger partial charge in [0.25, 0.3) is 0 Å². The van der Waals surface area contributed by atoms with E-state index >= 15 is 0 Å². The SMILES string of the molecule is C#CCCC(=O)n1cc(C2=CCCN(Cc3ccccc3)C2)c2ccccc21. The second-order valence-corrected chi connectivity index (χ2v) is 7.24. The molecule has 1 aromatic heterocycles. The molecule has 0 atom stereocenters. The molecule has 0 saturated heterocycles. The third kappa shape index (κ3) is 3.78. The first kappa shape index (κ1) is 18.3. The van der Waals surface area contributed by atoms with Gasteiger partial charge in [-0.25, -0.2) is 0 Å². The number of rotatable bonds is 5. The van der Waals surface area contributed by atoms with Crippen molar-refractivity contribution in [2.24, 2.45) is 0 Å². The van der Waals surface area contributed by atoms with Gasteiger partial charge < -0.3 is 0 Å². The summed E-state index contributed by atoms with van der Waals surface area (Å²) < 4.78 is 1.78. The summed E-state index contributed by atoms with van der Waals surface area (Å²) in [4.78, 5) is 15.1. The summed E-state index contributed by atoms with van der Waals surface area (Å²) in [7, 11) is 0. The quantitative estimate of drug-likeness (QED) is 0.593. The monoisotopic (exact) mass is 368 g/mol. The lowest BCUT2D eigenvalue weighted by molar-refractivity contribution is 0.0910. The van der Waals surface area contributed by atoms with Crippen molar-refractivity contribution >= 4 is 22.4 Å². The Morgan fingerprint density at radius 3 is 2.68 bits per heavy atom. The van der Waals surface area contributed by atoms with Gasteiger partial charge in [-0.3, -0.25) is 14.3 Å². The van der Waals surface area contributed by atoms with Crippen LogP contribution in [0, 0.1) is 12.3 Å². The van der Waals surface area contributed by atoms with Crippen LogP contribution in [0.3, 0.4) is 0 Å². The molecule has 4 rings (SSSR count). The maximum atomic E-state index is 12.7. The van der Waals surface area contributed by atoms with E-state index in [2.05, 4.69) is 53.3 Å². The highest BCUT2D eigenvalue weighted by Crippen LogP contribution is 2.30. The fourth-order valence-electron chi connectivity index (χ4n) is 3.92. The van der Waals surface area contributed by atoms with Gasteiger partial charge in [-0.05, 0) is 23.6 Å². The number of aromatic nitrogens is 1. The molecule has 0 unspecified atom stereocenters. The van der Waals surface area contributed by atoms with E-state index in [1.54, 1.807) is 4.57 Å². The highest BCUT2D eigenvalue weighted by molar-refractivity contribution is 5.99. The largest absolute Gasteiger partial charge is 0.295 e. The lowest BCUT2D eigenvalue weighted by atomic mass is 10.00. The molecular formula is C25H24N2O. The number of para-hydroxylation sites is 1. The minimum Gasteiger partial charge on any atom is -0.295 e. The van der Waals surface area contributed by atoms with Gasteiger partial charge >= 0.3 is 0 Å². The van der Waals surface area contributed by atoms with Gasteiger partial charge in [0.15, 0.2) is 0 Å². The van der Waals surface area contributed by atoms with E-state index in [4.69, 9.17) is 6.42 Å². The molecule has 2 heterocycles. The van der Waals surface area contributed by atoms with Crippen LogP contribution < -0.4 is 0 Å². The predicted octanol–water partition coefficient (Wildman–Crippen LogP) is 4.98. The zero-order valence-corrected chi connectivity index (χ0v) is 16.0. The number of nitrogens with zero attached hydrogens (tertiary/aromatic N) is 2. The van der Waals surface area contributed by atoms with E-state index in [0.717, 1.165) is 42.5 Å². The Morgan fingerprint density at radius 1 is 1.07 bits per heavy atom. The van der Waals surface area contributed by atoms with E-state index in [1.807, 2.05) is 24.4 Å². The second kappa shape index (κ2) is 8.29. The van der Waals surface area contributed by atoms with Crippen molar-refractivity contribution in [3.63, 3.8) is 0 Å². The smallest absolute Gasteiger partial charge is 0.232 e. The van der Waals surface area contributed by atoms with Crippen LogP contribution >= 0.6 is 0 Å². The average Bonchev–Trinajstić information content (AvgIpc) is 3.13. The summed E-state index contributed by atoms with van der Waals surface area (Å²) in [5.74, 6) is 2.62. The topological polar surface area (TPSA) is 25.2 Å². The highest BCUT2D eigenvalue weighted by Gasteiger charge is 2.19. The maximum absolute atomic E-state index is 12.7. The predicted molar refractivity (Wildman–Crippen MR) is 115 cm³/mol. The van der Waals surface area contributed by atoms with Crippen molar-refractivity contribution in [1.29, 1.82) is 0 Å². The summed E-state index contributed by atoms with van der Waals surface area (Å²) >= 11 is 0. The molecule has 0 N–H and O–H groups in total. The fraction of sp³-hybridized carbons (Fsp3) is 0.240. The summed E-state index contributed by atoms with van der Waals surface area (Å²) in [6.45, 7) is 2.89. The molecule has 0 radical (unpaired) electrons. The van der Waals surface area contributed by atoms with Crippen LogP contribution in [0.2, 0.25) is 0 Å². The zero-order valence-electron chi connectivity index (χ0n) is 16.0. The van der Waals surface area contributed by atoms with Gasteiger partial charge in [0, 0.05) is 49.6 Å². The molecule has 3 nitrogen and oxygen atoms in total. The molecule has 0 aliphatic carbocycles. The number of carbonyl (C=O) groups excluding carboxylic acids is 1. The first-order valence-corrected chi connectivity index (χ1v) is 9.78. The molecule has 28 heavy (non-hydrogen) atoms. The van der Waals surface area contributed by atoms with Crippen molar-refractivity contribution in [2.45, 2.75) is 25.8 Å². The lowest BCUT2D eigenvalue weighted by Gasteiger charge is -2.27. The zero-order chi connectivity index (χ0) is 19.3. The summed E-state index contributed by atoms with van der Waals surface area (Å²) in [5, 5.41) is 1.13. The number of carbonyl (C=O) groups is 1. The van der Waals surface area contributed by atoms with Gasteiger partial charge in [-0.1, -0.05) is 54.6 Å². The molecule has 3 aromatic rings. The molecule has 0 fully saturated rings. The Hall–Kier alpha value is -3.09. The van der Waals surface area contributed by atoms with Crippen LogP contribution in [0.25, 0.3) is 16.5 Å². The summed E-state index contributed by atoms with van der Waals surface area (Å²) in [5.41, 5.74) is 4.74. The van der Waals surface area contributed by atoms with E-state index in [-0.39, 0.29) is 5.91 Å². The minimum atomic E-state index is 0.0537. The minimum absolute atomic E-state index is 0.0537. The van der Waals surface area contributed by atoms with Crippen LogP contribution in [0.4, 0.5) is 0 Å².